The van der Waals surface area contributed by atoms with E-state index >= 15 is 0 Å². The van der Waals surface area contributed by atoms with Gasteiger partial charge in [-0.05, 0) is 6.92 Å². The van der Waals surface area contributed by atoms with Crippen LogP contribution in [0.25, 0.3) is 5.52 Å². The Morgan fingerprint density at radius 3 is 2.83 bits per heavy atom. The predicted molar refractivity (Wildman–Crippen MR) is 87.2 cm³/mol. The zero-order chi connectivity index (χ0) is 17.5. The highest BCUT2D eigenvalue weighted by Crippen LogP contribution is 2.52. The van der Waals surface area contributed by atoms with E-state index in [2.05, 4.69) is 15.3 Å². The molecule has 8 heteroatoms. The number of hydrogen-bond donors (Lipinski definition) is 3. The molecule has 1 fully saturated rings. The van der Waals surface area contributed by atoms with Gasteiger partial charge in [0.2, 0.25) is 0 Å². The summed E-state index contributed by atoms with van der Waals surface area (Å²) in [7, 11) is 0. The lowest BCUT2D eigenvalue weighted by Gasteiger charge is -2.60. The fraction of sp³-hybridized carbons (Fsp3) is 0.562. The lowest BCUT2D eigenvalue weighted by Crippen LogP contribution is -2.70. The zero-order valence-corrected chi connectivity index (χ0v) is 14.0. The average Bonchev–Trinajstić information content (AvgIpc) is 3.03. The Balaban J connectivity index is 1.96. The number of aliphatic hydroxyl groups is 1. The summed E-state index contributed by atoms with van der Waals surface area (Å²) in [5, 5.41) is 22.6. The van der Waals surface area contributed by atoms with Crippen LogP contribution in [0.2, 0.25) is 0 Å². The van der Waals surface area contributed by atoms with Crippen molar-refractivity contribution >= 4 is 17.3 Å². The van der Waals surface area contributed by atoms with Gasteiger partial charge in [-0.25, -0.2) is 14.8 Å². The van der Waals surface area contributed by atoms with E-state index in [1.807, 2.05) is 20.8 Å². The second-order valence-corrected chi connectivity index (χ2v) is 6.68. The molecule has 1 aliphatic carbocycles. The van der Waals surface area contributed by atoms with Crippen LogP contribution in [0.15, 0.2) is 18.7 Å². The first-order chi connectivity index (χ1) is 11.4. The molecule has 0 unspecified atom stereocenters. The van der Waals surface area contributed by atoms with Crippen LogP contribution in [-0.4, -0.2) is 55.4 Å². The first-order valence-electron chi connectivity index (χ1n) is 7.91. The Kier molecular flexibility index (Phi) is 3.97. The summed E-state index contributed by atoms with van der Waals surface area (Å²) in [5.74, 6) is -0.580. The van der Waals surface area contributed by atoms with E-state index in [0.29, 0.717) is 24.4 Å². The molecule has 130 valence electrons. The number of aromatic carboxylic acids is 1. The van der Waals surface area contributed by atoms with Gasteiger partial charge in [0, 0.05) is 18.4 Å². The standard InChI is InChI=1S/C16H22N4O4/c1-4-24-12-5-16(8-21,15(12,2)3)19-13-10-6-17-9-20(10)11(7-18-13)14(22)23/h6-7,9,12,21H,4-5,8H2,1-3H3,(H,18,19)(H,22,23)/t12-,16-/m1/s1. The number of aromatic nitrogens is 3. The molecule has 0 bridgehead atoms. The number of carboxylic acids is 1. The minimum atomic E-state index is -1.07. The molecule has 0 amide bonds. The van der Waals surface area contributed by atoms with Gasteiger partial charge in [-0.15, -0.1) is 0 Å². The lowest BCUT2D eigenvalue weighted by atomic mass is 9.54. The highest BCUT2D eigenvalue weighted by Gasteiger charge is 2.60. The molecule has 8 nitrogen and oxygen atoms in total. The quantitative estimate of drug-likeness (QED) is 0.732. The third-order valence-corrected chi connectivity index (χ3v) is 5.24. The van der Waals surface area contributed by atoms with Crippen molar-refractivity contribution in [2.75, 3.05) is 18.5 Å². The number of nitrogens with zero attached hydrogens (tertiary/aromatic N) is 3. The molecule has 0 radical (unpaired) electrons. The van der Waals surface area contributed by atoms with E-state index in [-0.39, 0.29) is 23.8 Å². The van der Waals surface area contributed by atoms with Crippen molar-refractivity contribution in [3.05, 3.63) is 24.4 Å². The van der Waals surface area contributed by atoms with Gasteiger partial charge >= 0.3 is 5.97 Å². The van der Waals surface area contributed by atoms with Crippen molar-refractivity contribution in [3.63, 3.8) is 0 Å². The Bertz CT molecular complexity index is 773. The number of nitrogens with one attached hydrogen (secondary N) is 1. The van der Waals surface area contributed by atoms with Crippen LogP contribution in [0.1, 0.15) is 37.7 Å². The van der Waals surface area contributed by atoms with Crippen molar-refractivity contribution in [1.82, 2.24) is 14.4 Å². The number of carbonyl (C=O) groups is 1. The summed E-state index contributed by atoms with van der Waals surface area (Å²) in [6.07, 6.45) is 4.97. The van der Waals surface area contributed by atoms with E-state index in [9.17, 15) is 15.0 Å². The zero-order valence-electron chi connectivity index (χ0n) is 14.0. The normalized spacial score (nSPS) is 25.4. The Morgan fingerprint density at radius 1 is 1.50 bits per heavy atom. The van der Waals surface area contributed by atoms with Crippen molar-refractivity contribution in [2.24, 2.45) is 5.41 Å². The summed E-state index contributed by atoms with van der Waals surface area (Å²) in [5.41, 5.74) is -0.304. The molecular weight excluding hydrogens is 312 g/mol. The van der Waals surface area contributed by atoms with Crippen LogP contribution in [0.5, 0.6) is 0 Å². The molecule has 0 saturated heterocycles. The van der Waals surface area contributed by atoms with Gasteiger partial charge in [0.25, 0.3) is 0 Å². The fourth-order valence-electron chi connectivity index (χ4n) is 3.40. The van der Waals surface area contributed by atoms with E-state index in [1.165, 1.54) is 16.9 Å². The molecule has 2 atom stereocenters. The molecule has 3 N–H and O–H groups in total. The van der Waals surface area contributed by atoms with E-state index in [0.717, 1.165) is 0 Å². The second-order valence-electron chi connectivity index (χ2n) is 6.68. The second kappa shape index (κ2) is 5.71. The summed E-state index contributed by atoms with van der Waals surface area (Å²) < 4.78 is 7.21. The molecule has 24 heavy (non-hydrogen) atoms. The topological polar surface area (TPSA) is 109 Å². The summed E-state index contributed by atoms with van der Waals surface area (Å²) >= 11 is 0. The third-order valence-electron chi connectivity index (χ3n) is 5.24. The van der Waals surface area contributed by atoms with Crippen LogP contribution in [0.3, 0.4) is 0 Å². The molecule has 1 saturated carbocycles. The van der Waals surface area contributed by atoms with Crippen LogP contribution in [0, 0.1) is 5.41 Å². The smallest absolute Gasteiger partial charge is 0.354 e. The third kappa shape index (κ3) is 2.25. The molecule has 0 spiro atoms. The number of rotatable bonds is 6. The lowest BCUT2D eigenvalue weighted by molar-refractivity contribution is -0.153. The fourth-order valence-corrected chi connectivity index (χ4v) is 3.40. The minimum absolute atomic E-state index is 0.0335. The molecule has 0 aromatic carbocycles. The summed E-state index contributed by atoms with van der Waals surface area (Å²) in [6, 6.07) is 0. The van der Waals surface area contributed by atoms with Crippen molar-refractivity contribution in [1.29, 1.82) is 0 Å². The van der Waals surface area contributed by atoms with Gasteiger partial charge in [0.05, 0.1) is 30.6 Å². The molecule has 0 aliphatic heterocycles. The molecule has 2 aromatic rings. The Morgan fingerprint density at radius 2 is 2.25 bits per heavy atom. The Labute approximate surface area is 139 Å². The highest BCUT2D eigenvalue weighted by atomic mass is 16.5. The maximum absolute atomic E-state index is 11.3. The van der Waals surface area contributed by atoms with Crippen LogP contribution in [-0.2, 0) is 4.74 Å². The van der Waals surface area contributed by atoms with E-state index < -0.39 is 11.5 Å². The number of hydrogen-bond acceptors (Lipinski definition) is 6. The van der Waals surface area contributed by atoms with Crippen LogP contribution < -0.4 is 5.32 Å². The molecule has 2 aromatic heterocycles. The van der Waals surface area contributed by atoms with Gasteiger partial charge in [-0.1, -0.05) is 13.8 Å². The summed E-state index contributed by atoms with van der Waals surface area (Å²) in [6.45, 7) is 6.57. The minimum Gasteiger partial charge on any atom is -0.477 e. The van der Waals surface area contributed by atoms with Crippen molar-refractivity contribution in [2.45, 2.75) is 38.8 Å². The average molecular weight is 334 g/mol. The SMILES string of the molecule is CCO[C@@H]1C[C@](CO)(Nc2ncc(C(=O)O)n3cncc23)C1(C)C. The molecular formula is C16H22N4O4. The van der Waals surface area contributed by atoms with Gasteiger partial charge in [-0.3, -0.25) is 4.40 Å². The predicted octanol–water partition coefficient (Wildman–Crippen LogP) is 1.41. The van der Waals surface area contributed by atoms with Gasteiger partial charge in [0.1, 0.15) is 11.8 Å². The first kappa shape index (κ1) is 16.7. The van der Waals surface area contributed by atoms with Crippen LogP contribution in [0.4, 0.5) is 5.82 Å². The molecule has 1 aliphatic rings. The van der Waals surface area contributed by atoms with Crippen molar-refractivity contribution < 1.29 is 19.7 Å². The van der Waals surface area contributed by atoms with E-state index in [4.69, 9.17) is 4.74 Å². The van der Waals surface area contributed by atoms with Gasteiger partial charge < -0.3 is 20.3 Å². The van der Waals surface area contributed by atoms with Crippen molar-refractivity contribution in [3.8, 4) is 0 Å². The monoisotopic (exact) mass is 334 g/mol. The molecule has 2 heterocycles. The van der Waals surface area contributed by atoms with E-state index in [1.54, 1.807) is 6.20 Å². The largest absolute Gasteiger partial charge is 0.477 e. The van der Waals surface area contributed by atoms with Crippen LogP contribution >= 0.6 is 0 Å². The van der Waals surface area contributed by atoms with Gasteiger partial charge in [-0.2, -0.15) is 0 Å². The summed E-state index contributed by atoms with van der Waals surface area (Å²) in [4.78, 5) is 19.6. The number of aliphatic hydroxyl groups excluding tert-OH is 1. The number of ether oxygens (including phenoxy) is 1. The first-order valence-corrected chi connectivity index (χ1v) is 7.91. The molecule has 3 rings (SSSR count). The Hall–Kier alpha value is -2.19. The maximum atomic E-state index is 11.3. The number of anilines is 1. The highest BCUT2D eigenvalue weighted by molar-refractivity contribution is 5.87. The number of imidazole rings is 1. The number of fused-ring (bicyclic) bond motifs is 1. The number of carboxylic acid groups (broad SMARTS) is 1. The maximum Gasteiger partial charge on any atom is 0.354 e. The van der Waals surface area contributed by atoms with Gasteiger partial charge in [0.15, 0.2) is 11.5 Å².